The molecular weight excluding hydrogens is 222 g/mol. The van der Waals surface area contributed by atoms with Crippen LogP contribution in [0.3, 0.4) is 0 Å². The minimum absolute atomic E-state index is 0.666. The monoisotopic (exact) mass is 245 g/mol. The second-order valence-corrected chi connectivity index (χ2v) is 5.61. The lowest BCUT2D eigenvalue weighted by molar-refractivity contribution is 0.482. The molecule has 0 unspecified atom stereocenters. The van der Waals surface area contributed by atoms with Gasteiger partial charge in [0.15, 0.2) is 0 Å². The highest BCUT2D eigenvalue weighted by molar-refractivity contribution is 5.83. The summed E-state index contributed by atoms with van der Waals surface area (Å²) in [6, 6.07) is 4.37. The van der Waals surface area contributed by atoms with Crippen LogP contribution in [0.25, 0.3) is 11.0 Å². The standard InChI is InChI=1S/C16H23NO/c1-10(2)8-17-9-16-13(5)14-6-11(3)12(4)7-15(14)18-16/h6-7,10,17H,8-9H2,1-5H3. The second kappa shape index (κ2) is 5.15. The smallest absolute Gasteiger partial charge is 0.134 e. The first-order chi connectivity index (χ1) is 8.49. The Morgan fingerprint density at radius 3 is 2.44 bits per heavy atom. The maximum atomic E-state index is 5.95. The van der Waals surface area contributed by atoms with Gasteiger partial charge in [0.05, 0.1) is 6.54 Å². The summed E-state index contributed by atoms with van der Waals surface area (Å²) in [5, 5.41) is 4.69. The highest BCUT2D eigenvalue weighted by atomic mass is 16.3. The van der Waals surface area contributed by atoms with Crippen LogP contribution in [0.15, 0.2) is 16.5 Å². The summed E-state index contributed by atoms with van der Waals surface area (Å²) >= 11 is 0. The van der Waals surface area contributed by atoms with Crippen molar-refractivity contribution in [2.75, 3.05) is 6.54 Å². The van der Waals surface area contributed by atoms with Gasteiger partial charge in [-0.05, 0) is 62.1 Å². The van der Waals surface area contributed by atoms with Crippen molar-refractivity contribution in [3.63, 3.8) is 0 Å². The number of hydrogen-bond donors (Lipinski definition) is 1. The van der Waals surface area contributed by atoms with Gasteiger partial charge in [0.1, 0.15) is 11.3 Å². The van der Waals surface area contributed by atoms with Gasteiger partial charge in [-0.1, -0.05) is 13.8 Å². The first-order valence-corrected chi connectivity index (χ1v) is 6.69. The SMILES string of the molecule is Cc1cc2oc(CNCC(C)C)c(C)c2cc1C. The first-order valence-electron chi connectivity index (χ1n) is 6.69. The molecule has 1 aromatic heterocycles. The number of fused-ring (bicyclic) bond motifs is 1. The van der Waals surface area contributed by atoms with Gasteiger partial charge in [-0.2, -0.15) is 0 Å². The Balaban J connectivity index is 2.27. The van der Waals surface area contributed by atoms with Crippen LogP contribution in [0.5, 0.6) is 0 Å². The molecule has 0 saturated heterocycles. The topological polar surface area (TPSA) is 25.2 Å². The largest absolute Gasteiger partial charge is 0.459 e. The van der Waals surface area contributed by atoms with E-state index in [1.54, 1.807) is 0 Å². The van der Waals surface area contributed by atoms with Crippen molar-refractivity contribution in [2.45, 2.75) is 41.2 Å². The predicted octanol–water partition coefficient (Wildman–Crippen LogP) is 4.10. The summed E-state index contributed by atoms with van der Waals surface area (Å²) in [7, 11) is 0. The van der Waals surface area contributed by atoms with Crippen LogP contribution in [0.1, 0.15) is 36.3 Å². The molecule has 18 heavy (non-hydrogen) atoms. The lowest BCUT2D eigenvalue weighted by Gasteiger charge is -2.05. The quantitative estimate of drug-likeness (QED) is 0.877. The molecule has 1 heterocycles. The molecule has 0 amide bonds. The van der Waals surface area contributed by atoms with E-state index < -0.39 is 0 Å². The Hall–Kier alpha value is -1.28. The van der Waals surface area contributed by atoms with Gasteiger partial charge >= 0.3 is 0 Å². The molecule has 0 aliphatic carbocycles. The zero-order valence-electron chi connectivity index (χ0n) is 12.1. The van der Waals surface area contributed by atoms with E-state index in [-0.39, 0.29) is 0 Å². The Bertz CT molecular complexity index is 552. The lowest BCUT2D eigenvalue weighted by Crippen LogP contribution is -2.18. The van der Waals surface area contributed by atoms with Crippen molar-refractivity contribution in [2.24, 2.45) is 5.92 Å². The molecule has 0 atom stereocenters. The summed E-state index contributed by atoms with van der Waals surface area (Å²) in [4.78, 5) is 0. The van der Waals surface area contributed by atoms with Crippen LogP contribution in [0.2, 0.25) is 0 Å². The third-order valence-corrected chi connectivity index (χ3v) is 3.49. The molecule has 0 saturated carbocycles. The van der Waals surface area contributed by atoms with Crippen LogP contribution in [-0.4, -0.2) is 6.54 Å². The van der Waals surface area contributed by atoms with Gasteiger partial charge in [-0.3, -0.25) is 0 Å². The molecule has 1 aromatic carbocycles. The summed E-state index contributed by atoms with van der Waals surface area (Å²) in [5.41, 5.74) is 4.90. The lowest BCUT2D eigenvalue weighted by atomic mass is 10.1. The van der Waals surface area contributed by atoms with Crippen molar-refractivity contribution in [3.8, 4) is 0 Å². The molecule has 2 nitrogen and oxygen atoms in total. The van der Waals surface area contributed by atoms with E-state index in [1.165, 1.54) is 22.1 Å². The van der Waals surface area contributed by atoms with Gasteiger partial charge in [-0.15, -0.1) is 0 Å². The highest BCUT2D eigenvalue weighted by Crippen LogP contribution is 2.27. The molecule has 0 aliphatic rings. The van der Waals surface area contributed by atoms with Crippen molar-refractivity contribution in [1.29, 1.82) is 0 Å². The van der Waals surface area contributed by atoms with Crippen LogP contribution in [0.4, 0.5) is 0 Å². The minimum Gasteiger partial charge on any atom is -0.459 e. The summed E-state index contributed by atoms with van der Waals surface area (Å²) in [6.45, 7) is 12.7. The molecule has 0 spiro atoms. The van der Waals surface area contributed by atoms with Crippen molar-refractivity contribution in [1.82, 2.24) is 5.32 Å². The van der Waals surface area contributed by atoms with Crippen LogP contribution < -0.4 is 5.32 Å². The second-order valence-electron chi connectivity index (χ2n) is 5.61. The molecule has 2 rings (SSSR count). The number of benzene rings is 1. The molecule has 0 fully saturated rings. The minimum atomic E-state index is 0.666. The van der Waals surface area contributed by atoms with Gasteiger partial charge in [-0.25, -0.2) is 0 Å². The van der Waals surface area contributed by atoms with Gasteiger partial charge in [0, 0.05) is 5.39 Å². The molecule has 0 bridgehead atoms. The van der Waals surface area contributed by atoms with Crippen LogP contribution >= 0.6 is 0 Å². The van der Waals surface area contributed by atoms with Crippen molar-refractivity contribution in [3.05, 3.63) is 34.6 Å². The normalized spacial score (nSPS) is 11.7. The zero-order valence-corrected chi connectivity index (χ0v) is 12.1. The third-order valence-electron chi connectivity index (χ3n) is 3.49. The number of aryl methyl sites for hydroxylation is 3. The molecule has 0 aliphatic heterocycles. The Labute approximate surface area is 109 Å². The molecule has 2 aromatic rings. The van der Waals surface area contributed by atoms with Crippen molar-refractivity contribution < 1.29 is 4.42 Å². The third kappa shape index (κ3) is 2.59. The maximum Gasteiger partial charge on any atom is 0.134 e. The number of hydrogen-bond acceptors (Lipinski definition) is 2. The fourth-order valence-electron chi connectivity index (χ4n) is 2.17. The zero-order chi connectivity index (χ0) is 13.3. The Morgan fingerprint density at radius 1 is 1.11 bits per heavy atom. The molecule has 1 N–H and O–H groups in total. The van der Waals surface area contributed by atoms with E-state index >= 15 is 0 Å². The molecular formula is C16H23NO. The fourth-order valence-corrected chi connectivity index (χ4v) is 2.17. The Morgan fingerprint density at radius 2 is 1.78 bits per heavy atom. The maximum absolute atomic E-state index is 5.95. The Kier molecular flexibility index (Phi) is 3.76. The van der Waals surface area contributed by atoms with Gasteiger partial charge < -0.3 is 9.73 Å². The average Bonchev–Trinajstić information content (AvgIpc) is 2.57. The van der Waals surface area contributed by atoms with E-state index in [0.717, 1.165) is 24.4 Å². The van der Waals surface area contributed by atoms with E-state index in [4.69, 9.17) is 4.42 Å². The highest BCUT2D eigenvalue weighted by Gasteiger charge is 2.11. The summed E-state index contributed by atoms with van der Waals surface area (Å²) < 4.78 is 5.95. The van der Waals surface area contributed by atoms with E-state index in [1.807, 2.05) is 0 Å². The van der Waals surface area contributed by atoms with Gasteiger partial charge in [0.25, 0.3) is 0 Å². The van der Waals surface area contributed by atoms with Crippen LogP contribution in [-0.2, 0) is 6.54 Å². The summed E-state index contributed by atoms with van der Waals surface area (Å²) in [6.07, 6.45) is 0. The van der Waals surface area contributed by atoms with Gasteiger partial charge in [0.2, 0.25) is 0 Å². The number of nitrogens with one attached hydrogen (secondary N) is 1. The average molecular weight is 245 g/mol. The molecule has 98 valence electrons. The summed E-state index contributed by atoms with van der Waals surface area (Å²) in [5.74, 6) is 1.73. The van der Waals surface area contributed by atoms with Crippen molar-refractivity contribution >= 4 is 11.0 Å². The van der Waals surface area contributed by atoms with E-state index in [9.17, 15) is 0 Å². The molecule has 0 radical (unpaired) electrons. The first kappa shape index (κ1) is 13.2. The fraction of sp³-hybridized carbons (Fsp3) is 0.500. The predicted molar refractivity (Wildman–Crippen MR) is 77.0 cm³/mol. The number of furan rings is 1. The van der Waals surface area contributed by atoms with E-state index in [0.29, 0.717) is 5.92 Å². The van der Waals surface area contributed by atoms with E-state index in [2.05, 4.69) is 52.1 Å². The number of rotatable bonds is 4. The van der Waals surface area contributed by atoms with Crippen LogP contribution in [0, 0.1) is 26.7 Å². The molecule has 2 heteroatoms.